The van der Waals surface area contributed by atoms with Gasteiger partial charge in [0.2, 0.25) is 0 Å². The summed E-state index contributed by atoms with van der Waals surface area (Å²) in [5, 5.41) is 0. The second kappa shape index (κ2) is 6.95. The molecule has 0 saturated heterocycles. The second-order valence-corrected chi connectivity index (χ2v) is 8.29. The largest absolute Gasteiger partial charge is 0.462 e. The first-order valence-electron chi connectivity index (χ1n) is 8.33. The van der Waals surface area contributed by atoms with Crippen molar-refractivity contribution < 1.29 is 9.53 Å². The number of hydrogen-bond donors (Lipinski definition) is 0. The zero-order valence-corrected chi connectivity index (χ0v) is 14.5. The molecule has 0 atom stereocenters. The van der Waals surface area contributed by atoms with E-state index in [2.05, 4.69) is 48.5 Å². The Morgan fingerprint density at radius 1 is 0.950 bits per heavy atom. The average Bonchev–Trinajstić information content (AvgIpc) is 2.26. The van der Waals surface area contributed by atoms with E-state index in [0.717, 1.165) is 18.8 Å². The molecule has 2 heteroatoms. The number of rotatable bonds is 4. The Morgan fingerprint density at radius 2 is 1.40 bits per heavy atom. The third kappa shape index (κ3) is 4.79. The third-order valence-electron chi connectivity index (χ3n) is 4.89. The van der Waals surface area contributed by atoms with Gasteiger partial charge in [-0.1, -0.05) is 48.5 Å². The minimum atomic E-state index is 0.0224. The van der Waals surface area contributed by atoms with Crippen molar-refractivity contribution in [2.75, 3.05) is 0 Å². The van der Waals surface area contributed by atoms with E-state index in [9.17, 15) is 4.79 Å². The molecule has 0 aromatic carbocycles. The van der Waals surface area contributed by atoms with Crippen molar-refractivity contribution in [2.45, 2.75) is 80.3 Å². The Morgan fingerprint density at radius 3 is 1.75 bits per heavy atom. The molecule has 0 aliphatic heterocycles. The first-order chi connectivity index (χ1) is 9.12. The van der Waals surface area contributed by atoms with Crippen LogP contribution in [0, 0.1) is 29.1 Å². The van der Waals surface area contributed by atoms with Crippen molar-refractivity contribution in [1.82, 2.24) is 0 Å². The molecule has 0 spiro atoms. The molecule has 0 aromatic rings. The summed E-state index contributed by atoms with van der Waals surface area (Å²) < 4.78 is 5.80. The van der Waals surface area contributed by atoms with Gasteiger partial charge in [0.15, 0.2) is 0 Å². The van der Waals surface area contributed by atoms with Gasteiger partial charge in [-0.25, -0.2) is 0 Å². The number of carbonyl (C=O) groups is 1. The SMILES string of the molecule is CC(C)C(C(=O)OC1CCC(C(C)(C)C)CC1)C(C)C. The van der Waals surface area contributed by atoms with E-state index >= 15 is 0 Å². The van der Waals surface area contributed by atoms with E-state index in [-0.39, 0.29) is 18.0 Å². The van der Waals surface area contributed by atoms with Crippen molar-refractivity contribution in [3.63, 3.8) is 0 Å². The van der Waals surface area contributed by atoms with Crippen LogP contribution in [0.4, 0.5) is 0 Å². The molecule has 0 heterocycles. The Hall–Kier alpha value is -0.530. The number of esters is 1. The zero-order chi connectivity index (χ0) is 15.5. The first-order valence-corrected chi connectivity index (χ1v) is 8.33. The van der Waals surface area contributed by atoms with Gasteiger partial charge in [0.25, 0.3) is 0 Å². The highest BCUT2D eigenvalue weighted by Gasteiger charge is 2.33. The van der Waals surface area contributed by atoms with Crippen LogP contribution >= 0.6 is 0 Å². The fraction of sp³-hybridized carbons (Fsp3) is 0.944. The standard InChI is InChI=1S/C18H34O2/c1-12(2)16(13(3)4)17(19)20-15-10-8-14(9-11-15)18(5,6)7/h12-16H,8-11H2,1-7H3. The van der Waals surface area contributed by atoms with Crippen LogP contribution in [0.5, 0.6) is 0 Å². The lowest BCUT2D eigenvalue weighted by Gasteiger charge is -2.37. The summed E-state index contributed by atoms with van der Waals surface area (Å²) in [7, 11) is 0. The van der Waals surface area contributed by atoms with E-state index < -0.39 is 0 Å². The summed E-state index contributed by atoms with van der Waals surface area (Å²) in [4.78, 5) is 12.4. The Kier molecular flexibility index (Phi) is 6.09. The maximum absolute atomic E-state index is 12.4. The van der Waals surface area contributed by atoms with Crippen LogP contribution in [0.25, 0.3) is 0 Å². The van der Waals surface area contributed by atoms with Crippen LogP contribution in [0.1, 0.15) is 74.1 Å². The van der Waals surface area contributed by atoms with Gasteiger partial charge < -0.3 is 4.74 Å². The third-order valence-corrected chi connectivity index (χ3v) is 4.89. The van der Waals surface area contributed by atoms with Gasteiger partial charge in [-0.05, 0) is 48.9 Å². The monoisotopic (exact) mass is 282 g/mol. The Labute approximate surface area is 125 Å². The smallest absolute Gasteiger partial charge is 0.309 e. The molecule has 1 aliphatic rings. The molecule has 2 nitrogen and oxygen atoms in total. The van der Waals surface area contributed by atoms with Gasteiger partial charge in [-0.3, -0.25) is 4.79 Å². The molecule has 1 rings (SSSR count). The minimum Gasteiger partial charge on any atom is -0.462 e. The van der Waals surface area contributed by atoms with Crippen molar-refractivity contribution in [2.24, 2.45) is 29.1 Å². The molecule has 0 bridgehead atoms. The fourth-order valence-electron chi connectivity index (χ4n) is 3.60. The second-order valence-electron chi connectivity index (χ2n) is 8.29. The summed E-state index contributed by atoms with van der Waals surface area (Å²) in [6.45, 7) is 15.4. The van der Waals surface area contributed by atoms with Gasteiger partial charge in [0, 0.05) is 0 Å². The van der Waals surface area contributed by atoms with E-state index in [0.29, 0.717) is 17.3 Å². The summed E-state index contributed by atoms with van der Waals surface area (Å²) in [6.07, 6.45) is 4.61. The van der Waals surface area contributed by atoms with Crippen molar-refractivity contribution in [3.8, 4) is 0 Å². The lowest BCUT2D eigenvalue weighted by Crippen LogP contribution is -2.34. The van der Waals surface area contributed by atoms with Crippen molar-refractivity contribution in [3.05, 3.63) is 0 Å². The van der Waals surface area contributed by atoms with Crippen LogP contribution in [-0.2, 0) is 9.53 Å². The summed E-state index contributed by atoms with van der Waals surface area (Å²) in [6, 6.07) is 0. The Balaban J connectivity index is 2.49. The molecule has 0 N–H and O–H groups in total. The van der Waals surface area contributed by atoms with Crippen LogP contribution in [0.15, 0.2) is 0 Å². The van der Waals surface area contributed by atoms with Gasteiger partial charge in [0.05, 0.1) is 5.92 Å². The molecule has 0 radical (unpaired) electrons. The molecule has 118 valence electrons. The molecule has 20 heavy (non-hydrogen) atoms. The average molecular weight is 282 g/mol. The van der Waals surface area contributed by atoms with Gasteiger partial charge >= 0.3 is 5.97 Å². The molecule has 0 aromatic heterocycles. The summed E-state index contributed by atoms with van der Waals surface area (Å²) in [5.41, 5.74) is 0.382. The van der Waals surface area contributed by atoms with E-state index in [4.69, 9.17) is 4.74 Å². The predicted molar refractivity (Wildman–Crippen MR) is 84.5 cm³/mol. The van der Waals surface area contributed by atoms with Gasteiger partial charge in [-0.2, -0.15) is 0 Å². The Bertz CT molecular complexity index is 296. The zero-order valence-electron chi connectivity index (χ0n) is 14.5. The molecule has 1 saturated carbocycles. The summed E-state index contributed by atoms with van der Waals surface area (Å²) in [5.74, 6) is 1.54. The highest BCUT2D eigenvalue weighted by molar-refractivity contribution is 5.73. The van der Waals surface area contributed by atoms with Crippen LogP contribution in [0.3, 0.4) is 0 Å². The lowest BCUT2D eigenvalue weighted by atomic mass is 9.72. The van der Waals surface area contributed by atoms with Crippen molar-refractivity contribution in [1.29, 1.82) is 0 Å². The van der Waals surface area contributed by atoms with Crippen molar-refractivity contribution >= 4 is 5.97 Å². The molecule has 0 unspecified atom stereocenters. The van der Waals surface area contributed by atoms with Gasteiger partial charge in [0.1, 0.15) is 6.10 Å². The molecular formula is C18H34O2. The van der Waals surface area contributed by atoms with Crippen LogP contribution < -0.4 is 0 Å². The lowest BCUT2D eigenvalue weighted by molar-refractivity contribution is -0.159. The molecule has 1 aliphatic carbocycles. The minimum absolute atomic E-state index is 0.0224. The maximum Gasteiger partial charge on any atom is 0.309 e. The molecule has 0 amide bonds. The first kappa shape index (κ1) is 17.5. The summed E-state index contributed by atoms with van der Waals surface area (Å²) >= 11 is 0. The number of hydrogen-bond acceptors (Lipinski definition) is 2. The van der Waals surface area contributed by atoms with E-state index in [1.807, 2.05) is 0 Å². The molecular weight excluding hydrogens is 248 g/mol. The molecule has 1 fully saturated rings. The van der Waals surface area contributed by atoms with E-state index in [1.165, 1.54) is 12.8 Å². The van der Waals surface area contributed by atoms with Gasteiger partial charge in [-0.15, -0.1) is 0 Å². The highest BCUT2D eigenvalue weighted by Crippen LogP contribution is 2.38. The topological polar surface area (TPSA) is 26.3 Å². The normalized spacial score (nSPS) is 24.5. The van der Waals surface area contributed by atoms with Crippen LogP contribution in [-0.4, -0.2) is 12.1 Å². The maximum atomic E-state index is 12.4. The predicted octanol–water partition coefficient (Wildman–Crippen LogP) is 5.06. The highest BCUT2D eigenvalue weighted by atomic mass is 16.5. The number of ether oxygens (including phenoxy) is 1. The quantitative estimate of drug-likeness (QED) is 0.673. The van der Waals surface area contributed by atoms with Crippen LogP contribution in [0.2, 0.25) is 0 Å². The fourth-order valence-corrected chi connectivity index (χ4v) is 3.60. The number of carbonyl (C=O) groups excluding carboxylic acids is 1. The van der Waals surface area contributed by atoms with E-state index in [1.54, 1.807) is 0 Å².